The van der Waals surface area contributed by atoms with Crippen molar-refractivity contribution < 1.29 is 19.0 Å². The highest BCUT2D eigenvalue weighted by atomic mass is 35.5. The Hall–Kier alpha value is -3.04. The fourth-order valence-electron chi connectivity index (χ4n) is 4.28. The van der Waals surface area contributed by atoms with Crippen LogP contribution in [-0.4, -0.2) is 59.1 Å². The van der Waals surface area contributed by atoms with Gasteiger partial charge in [-0.2, -0.15) is 0 Å². The second-order valence-corrected chi connectivity index (χ2v) is 9.46. The minimum atomic E-state index is -0.341. The van der Waals surface area contributed by atoms with Gasteiger partial charge >= 0.3 is 0 Å². The van der Waals surface area contributed by atoms with E-state index in [0.717, 1.165) is 16.8 Å². The summed E-state index contributed by atoms with van der Waals surface area (Å²) in [6.07, 6.45) is 8.47. The summed E-state index contributed by atoms with van der Waals surface area (Å²) in [5, 5.41) is 1.09. The lowest BCUT2D eigenvalue weighted by Crippen LogP contribution is -2.38. The molecule has 36 heavy (non-hydrogen) atoms. The summed E-state index contributed by atoms with van der Waals surface area (Å²) in [5.41, 5.74) is 2.58. The normalized spacial score (nSPS) is 18.5. The lowest BCUT2D eigenvalue weighted by molar-refractivity contribution is -0.126. The summed E-state index contributed by atoms with van der Waals surface area (Å²) in [6, 6.07) is 11.4. The lowest BCUT2D eigenvalue weighted by Gasteiger charge is -2.31. The van der Waals surface area contributed by atoms with Crippen LogP contribution in [0.2, 0.25) is 10.0 Å². The van der Waals surface area contributed by atoms with Crippen LogP contribution in [0.1, 0.15) is 6.92 Å². The van der Waals surface area contributed by atoms with Crippen LogP contribution < -0.4 is 9.64 Å². The second kappa shape index (κ2) is 10.9. The summed E-state index contributed by atoms with van der Waals surface area (Å²) in [6.45, 7) is 4.02. The zero-order valence-corrected chi connectivity index (χ0v) is 21.2. The van der Waals surface area contributed by atoms with Gasteiger partial charge in [0.15, 0.2) is 0 Å². The molecule has 0 N–H and O–H groups in total. The number of halogens is 2. The smallest absolute Gasteiger partial charge is 0.223 e. The van der Waals surface area contributed by atoms with Gasteiger partial charge in [-0.1, -0.05) is 29.3 Å². The van der Waals surface area contributed by atoms with Gasteiger partial charge in [0.1, 0.15) is 24.8 Å². The van der Waals surface area contributed by atoms with Gasteiger partial charge in [0, 0.05) is 72.7 Å². The topological polar surface area (TPSA) is 69.1 Å². The number of imidazole rings is 1. The number of benzene rings is 2. The van der Waals surface area contributed by atoms with E-state index >= 15 is 0 Å². The molecule has 1 amide bonds. The molecule has 2 aliphatic heterocycles. The van der Waals surface area contributed by atoms with Gasteiger partial charge in [-0.15, -0.1) is 0 Å². The van der Waals surface area contributed by atoms with Crippen molar-refractivity contribution in [3.05, 3.63) is 77.6 Å². The molecule has 5 rings (SSSR count). The fourth-order valence-corrected chi connectivity index (χ4v) is 4.79. The maximum atomic E-state index is 11.7. The molecule has 0 bridgehead atoms. The summed E-state index contributed by atoms with van der Waals surface area (Å²) < 4.78 is 19.9. The first kappa shape index (κ1) is 24.6. The molecule has 188 valence electrons. The monoisotopic (exact) mass is 528 g/mol. The standard InChI is InChI=1S/C26H26Cl2N4O4/c1-18(33)31-8-10-32(11-9-31)20-3-5-22(21-4-2-19(27)12-23(21)28)24(13-20)36-25(26-15-34-17-35-26)14-30-7-6-29-16-30/h2-8,10,12-13,16,25-26H,9,11,14-15,17H2,1H3. The van der Waals surface area contributed by atoms with Crippen molar-refractivity contribution in [1.29, 1.82) is 0 Å². The Balaban J connectivity index is 1.52. The van der Waals surface area contributed by atoms with E-state index in [0.29, 0.717) is 42.0 Å². The second-order valence-electron chi connectivity index (χ2n) is 8.62. The largest absolute Gasteiger partial charge is 0.485 e. The van der Waals surface area contributed by atoms with E-state index in [1.165, 1.54) is 0 Å². The average molecular weight is 529 g/mol. The summed E-state index contributed by atoms with van der Waals surface area (Å²) in [7, 11) is 0. The number of carbonyl (C=O) groups is 1. The lowest BCUT2D eigenvalue weighted by atomic mass is 10.0. The average Bonchev–Trinajstić information content (AvgIpc) is 3.59. The SMILES string of the molecule is CC(=O)N1C=CN(c2ccc(-c3ccc(Cl)cc3Cl)c(OC(Cn3ccnc3)C3COCO3)c2)CC1. The van der Waals surface area contributed by atoms with Gasteiger partial charge < -0.3 is 28.6 Å². The molecular weight excluding hydrogens is 503 g/mol. The molecule has 2 aromatic carbocycles. The zero-order valence-electron chi connectivity index (χ0n) is 19.7. The number of anilines is 1. The Kier molecular flexibility index (Phi) is 7.48. The maximum Gasteiger partial charge on any atom is 0.223 e. The molecule has 2 atom stereocenters. The van der Waals surface area contributed by atoms with Gasteiger partial charge in [0.05, 0.1) is 24.5 Å². The molecule has 0 saturated carbocycles. The van der Waals surface area contributed by atoms with Crippen LogP contribution in [0.3, 0.4) is 0 Å². The molecule has 1 aromatic heterocycles. The Bertz CT molecular complexity index is 1240. The Labute approximate surface area is 219 Å². The van der Waals surface area contributed by atoms with Crippen molar-refractivity contribution in [2.75, 3.05) is 31.4 Å². The predicted octanol–water partition coefficient (Wildman–Crippen LogP) is 4.82. The van der Waals surface area contributed by atoms with Gasteiger partial charge in [-0.3, -0.25) is 4.79 Å². The van der Waals surface area contributed by atoms with Crippen LogP contribution in [0.15, 0.2) is 67.5 Å². The molecule has 10 heteroatoms. The van der Waals surface area contributed by atoms with Gasteiger partial charge in [0.25, 0.3) is 0 Å². The maximum absolute atomic E-state index is 11.7. The zero-order chi connectivity index (χ0) is 25.1. The molecule has 3 aromatic rings. The molecule has 3 heterocycles. The van der Waals surface area contributed by atoms with E-state index in [-0.39, 0.29) is 24.9 Å². The number of nitrogens with zero attached hydrogens (tertiary/aromatic N) is 4. The van der Waals surface area contributed by atoms with Crippen LogP contribution >= 0.6 is 23.2 Å². The van der Waals surface area contributed by atoms with Crippen LogP contribution in [-0.2, 0) is 20.8 Å². The molecule has 1 saturated heterocycles. The van der Waals surface area contributed by atoms with E-state index < -0.39 is 0 Å². The van der Waals surface area contributed by atoms with E-state index in [9.17, 15) is 4.79 Å². The van der Waals surface area contributed by atoms with E-state index in [1.807, 2.05) is 41.2 Å². The molecule has 0 spiro atoms. The van der Waals surface area contributed by atoms with E-state index in [2.05, 4.69) is 9.88 Å². The van der Waals surface area contributed by atoms with Crippen LogP contribution in [0, 0.1) is 0 Å². The first-order chi connectivity index (χ1) is 17.5. The minimum Gasteiger partial charge on any atom is -0.485 e. The van der Waals surface area contributed by atoms with Crippen LogP contribution in [0.25, 0.3) is 11.1 Å². The number of aromatic nitrogens is 2. The Morgan fingerprint density at radius 3 is 2.69 bits per heavy atom. The molecule has 8 nitrogen and oxygen atoms in total. The van der Waals surface area contributed by atoms with Crippen molar-refractivity contribution in [1.82, 2.24) is 14.5 Å². The van der Waals surface area contributed by atoms with Crippen molar-refractivity contribution in [3.63, 3.8) is 0 Å². The number of hydrogen-bond donors (Lipinski definition) is 0. The number of rotatable bonds is 7. The van der Waals surface area contributed by atoms with Crippen molar-refractivity contribution in [2.24, 2.45) is 0 Å². The first-order valence-corrected chi connectivity index (χ1v) is 12.4. The number of amides is 1. The highest BCUT2D eigenvalue weighted by Gasteiger charge is 2.30. The Morgan fingerprint density at radius 2 is 2.03 bits per heavy atom. The van der Waals surface area contributed by atoms with Crippen LogP contribution in [0.5, 0.6) is 5.75 Å². The highest BCUT2D eigenvalue weighted by molar-refractivity contribution is 6.36. The third-order valence-corrected chi connectivity index (χ3v) is 6.77. The summed E-state index contributed by atoms with van der Waals surface area (Å²) >= 11 is 12.8. The van der Waals surface area contributed by atoms with Gasteiger partial charge in [-0.05, 0) is 24.3 Å². The first-order valence-electron chi connectivity index (χ1n) is 11.6. The third-order valence-electron chi connectivity index (χ3n) is 6.22. The Morgan fingerprint density at radius 1 is 1.17 bits per heavy atom. The van der Waals surface area contributed by atoms with Crippen LogP contribution in [0.4, 0.5) is 5.69 Å². The van der Waals surface area contributed by atoms with Crippen molar-refractivity contribution in [2.45, 2.75) is 25.7 Å². The summed E-state index contributed by atoms with van der Waals surface area (Å²) in [5.74, 6) is 0.670. The molecule has 0 aliphatic carbocycles. The van der Waals surface area contributed by atoms with Gasteiger partial charge in [0.2, 0.25) is 5.91 Å². The van der Waals surface area contributed by atoms with Gasteiger partial charge in [-0.25, -0.2) is 4.98 Å². The van der Waals surface area contributed by atoms with Crippen molar-refractivity contribution in [3.8, 4) is 16.9 Å². The van der Waals surface area contributed by atoms with E-state index in [4.69, 9.17) is 37.4 Å². The quantitative estimate of drug-likeness (QED) is 0.438. The molecule has 1 fully saturated rings. The summed E-state index contributed by atoms with van der Waals surface area (Å²) in [4.78, 5) is 19.6. The predicted molar refractivity (Wildman–Crippen MR) is 138 cm³/mol. The minimum absolute atomic E-state index is 0.0174. The van der Waals surface area contributed by atoms with E-state index in [1.54, 1.807) is 42.7 Å². The highest BCUT2D eigenvalue weighted by Crippen LogP contribution is 2.39. The number of hydrogen-bond acceptors (Lipinski definition) is 6. The molecule has 2 aliphatic rings. The fraction of sp³-hybridized carbons (Fsp3) is 0.308. The molecular formula is C26H26Cl2N4O4. The molecule has 0 radical (unpaired) electrons. The molecule has 2 unspecified atom stereocenters. The third kappa shape index (κ3) is 5.52. The van der Waals surface area contributed by atoms with Crippen molar-refractivity contribution >= 4 is 34.8 Å². The number of ether oxygens (including phenoxy) is 3. The number of carbonyl (C=O) groups excluding carboxylic acids is 1.